The fourth-order valence-electron chi connectivity index (χ4n) is 1.11. The lowest BCUT2D eigenvalue weighted by Gasteiger charge is -2.15. The second-order valence-corrected chi connectivity index (χ2v) is 3.91. The Hall–Kier alpha value is -1.30. The zero-order chi connectivity index (χ0) is 9.35. The van der Waals surface area contributed by atoms with Gasteiger partial charge in [-0.2, -0.15) is 5.26 Å². The van der Waals surface area contributed by atoms with Crippen LogP contribution in [-0.2, 0) is 12.5 Å². The summed E-state index contributed by atoms with van der Waals surface area (Å²) < 4.78 is 1.75. The van der Waals surface area contributed by atoms with E-state index in [2.05, 4.69) is 31.8 Å². The predicted octanol–water partition coefficient (Wildman–Crippen LogP) is 1.59. The van der Waals surface area contributed by atoms with E-state index in [-0.39, 0.29) is 5.41 Å². The number of nitriles is 1. The number of hydrogen-bond donors (Lipinski definition) is 0. The Kier molecular flexibility index (Phi) is 1.93. The Bertz CT molecular complexity index is 323. The molecule has 0 spiro atoms. The van der Waals surface area contributed by atoms with E-state index in [9.17, 15) is 0 Å². The first kappa shape index (κ1) is 8.79. The average Bonchev–Trinajstić information content (AvgIpc) is 2.29. The van der Waals surface area contributed by atoms with Gasteiger partial charge in [-0.15, -0.1) is 0 Å². The summed E-state index contributed by atoms with van der Waals surface area (Å²) in [6, 6.07) is 2.15. The molecule has 0 N–H and O–H groups in total. The van der Waals surface area contributed by atoms with Crippen LogP contribution in [0.15, 0.2) is 6.33 Å². The maximum Gasteiger partial charge on any atom is 0.143 e. The zero-order valence-corrected chi connectivity index (χ0v) is 7.92. The fraction of sp³-hybridized carbons (Fsp3) is 0.556. The van der Waals surface area contributed by atoms with Gasteiger partial charge in [-0.05, 0) is 0 Å². The summed E-state index contributed by atoms with van der Waals surface area (Å²) in [6.07, 6.45) is 1.68. The molecule has 3 heteroatoms. The van der Waals surface area contributed by atoms with Crippen molar-refractivity contribution in [1.29, 1.82) is 5.26 Å². The highest BCUT2D eigenvalue weighted by molar-refractivity contribution is 5.31. The molecule has 1 heterocycles. The summed E-state index contributed by atoms with van der Waals surface area (Å²) >= 11 is 0. The molecule has 1 aromatic heterocycles. The second kappa shape index (κ2) is 2.63. The standard InChI is InChI=1S/C9H13N3/c1-9(2,3)8-7(5-10)12(4)6-11-8/h6H,1-4H3. The molecule has 0 fully saturated rings. The summed E-state index contributed by atoms with van der Waals surface area (Å²) in [5, 5.41) is 8.84. The molecule has 12 heavy (non-hydrogen) atoms. The van der Waals surface area contributed by atoms with E-state index < -0.39 is 0 Å². The Morgan fingerprint density at radius 3 is 2.42 bits per heavy atom. The van der Waals surface area contributed by atoms with Crippen molar-refractivity contribution < 1.29 is 0 Å². The van der Waals surface area contributed by atoms with Gasteiger partial charge in [0.05, 0.1) is 12.0 Å². The average molecular weight is 163 g/mol. The van der Waals surface area contributed by atoms with Crippen LogP contribution < -0.4 is 0 Å². The lowest BCUT2D eigenvalue weighted by Crippen LogP contribution is -2.14. The van der Waals surface area contributed by atoms with Crippen LogP contribution in [0.3, 0.4) is 0 Å². The van der Waals surface area contributed by atoms with E-state index in [1.807, 2.05) is 7.05 Å². The van der Waals surface area contributed by atoms with E-state index in [4.69, 9.17) is 5.26 Å². The van der Waals surface area contributed by atoms with Crippen LogP contribution in [0.1, 0.15) is 32.2 Å². The topological polar surface area (TPSA) is 41.6 Å². The molecule has 1 aromatic rings. The molecule has 0 bridgehead atoms. The fourth-order valence-corrected chi connectivity index (χ4v) is 1.11. The summed E-state index contributed by atoms with van der Waals surface area (Å²) in [4.78, 5) is 4.20. The SMILES string of the molecule is Cn1cnc(C(C)(C)C)c1C#N. The van der Waals surface area contributed by atoms with E-state index in [0.29, 0.717) is 5.69 Å². The molecule has 0 atom stereocenters. The number of aromatic nitrogens is 2. The molecule has 0 amide bonds. The zero-order valence-electron chi connectivity index (χ0n) is 7.92. The van der Waals surface area contributed by atoms with Crippen LogP contribution >= 0.6 is 0 Å². The molecule has 64 valence electrons. The van der Waals surface area contributed by atoms with Crippen molar-refractivity contribution in [3.63, 3.8) is 0 Å². The summed E-state index contributed by atoms with van der Waals surface area (Å²) in [5.41, 5.74) is 1.47. The normalized spacial score (nSPS) is 11.2. The first-order valence-corrected chi connectivity index (χ1v) is 3.88. The van der Waals surface area contributed by atoms with Gasteiger partial charge in [0.1, 0.15) is 11.8 Å². The number of hydrogen-bond acceptors (Lipinski definition) is 2. The maximum absolute atomic E-state index is 8.84. The molecule has 0 aliphatic carbocycles. The Balaban J connectivity index is 3.28. The van der Waals surface area contributed by atoms with Crippen molar-refractivity contribution in [2.75, 3.05) is 0 Å². The van der Waals surface area contributed by atoms with Gasteiger partial charge >= 0.3 is 0 Å². The minimum Gasteiger partial charge on any atom is -0.325 e. The van der Waals surface area contributed by atoms with Crippen molar-refractivity contribution >= 4 is 0 Å². The van der Waals surface area contributed by atoms with Crippen LogP contribution in [0.5, 0.6) is 0 Å². The largest absolute Gasteiger partial charge is 0.325 e. The predicted molar refractivity (Wildman–Crippen MR) is 46.6 cm³/mol. The van der Waals surface area contributed by atoms with Gasteiger partial charge in [-0.3, -0.25) is 0 Å². The minimum atomic E-state index is -0.0493. The first-order chi connectivity index (χ1) is 5.46. The minimum absolute atomic E-state index is 0.0493. The number of aryl methyl sites for hydroxylation is 1. The van der Waals surface area contributed by atoms with Crippen LogP contribution in [-0.4, -0.2) is 9.55 Å². The van der Waals surface area contributed by atoms with Crippen molar-refractivity contribution in [1.82, 2.24) is 9.55 Å². The molecule has 0 saturated heterocycles. The van der Waals surface area contributed by atoms with Crippen LogP contribution in [0, 0.1) is 11.3 Å². The van der Waals surface area contributed by atoms with Gasteiger partial charge in [-0.25, -0.2) is 4.98 Å². The molecule has 0 aliphatic rings. The Morgan fingerprint density at radius 2 is 2.08 bits per heavy atom. The van der Waals surface area contributed by atoms with Gasteiger partial charge in [0.15, 0.2) is 0 Å². The van der Waals surface area contributed by atoms with Crippen molar-refractivity contribution in [2.24, 2.45) is 7.05 Å². The van der Waals surface area contributed by atoms with Crippen LogP contribution in [0.4, 0.5) is 0 Å². The highest BCUT2D eigenvalue weighted by Crippen LogP contribution is 2.22. The summed E-state index contributed by atoms with van der Waals surface area (Å²) in [5.74, 6) is 0. The Morgan fingerprint density at radius 1 is 1.50 bits per heavy atom. The second-order valence-electron chi connectivity index (χ2n) is 3.91. The van der Waals surface area contributed by atoms with E-state index in [0.717, 1.165) is 5.69 Å². The number of imidazole rings is 1. The van der Waals surface area contributed by atoms with Gasteiger partial charge in [-0.1, -0.05) is 20.8 Å². The number of rotatable bonds is 0. The molecular formula is C9H13N3. The van der Waals surface area contributed by atoms with Gasteiger partial charge in [0, 0.05) is 12.5 Å². The maximum atomic E-state index is 8.84. The molecule has 3 nitrogen and oxygen atoms in total. The smallest absolute Gasteiger partial charge is 0.143 e. The van der Waals surface area contributed by atoms with Crippen molar-refractivity contribution in [2.45, 2.75) is 26.2 Å². The summed E-state index contributed by atoms with van der Waals surface area (Å²) in [7, 11) is 1.83. The first-order valence-electron chi connectivity index (χ1n) is 3.88. The van der Waals surface area contributed by atoms with Crippen LogP contribution in [0.25, 0.3) is 0 Å². The molecule has 0 aromatic carbocycles. The van der Waals surface area contributed by atoms with Crippen molar-refractivity contribution in [3.05, 3.63) is 17.7 Å². The lowest BCUT2D eigenvalue weighted by atomic mass is 9.91. The van der Waals surface area contributed by atoms with Gasteiger partial charge in [0.2, 0.25) is 0 Å². The molecule has 0 aliphatic heterocycles. The third-order valence-electron chi connectivity index (χ3n) is 1.75. The Labute approximate surface area is 72.7 Å². The van der Waals surface area contributed by atoms with Gasteiger partial charge in [0.25, 0.3) is 0 Å². The summed E-state index contributed by atoms with van der Waals surface area (Å²) in [6.45, 7) is 6.16. The van der Waals surface area contributed by atoms with E-state index in [1.165, 1.54) is 0 Å². The molecule has 0 radical (unpaired) electrons. The van der Waals surface area contributed by atoms with E-state index >= 15 is 0 Å². The van der Waals surface area contributed by atoms with Gasteiger partial charge < -0.3 is 4.57 Å². The molecule has 0 unspecified atom stereocenters. The molecule has 0 saturated carbocycles. The van der Waals surface area contributed by atoms with Crippen molar-refractivity contribution in [3.8, 4) is 6.07 Å². The quantitative estimate of drug-likeness (QED) is 0.582. The molecule has 1 rings (SSSR count). The highest BCUT2D eigenvalue weighted by atomic mass is 15.0. The lowest BCUT2D eigenvalue weighted by molar-refractivity contribution is 0.569. The number of nitrogens with zero attached hydrogens (tertiary/aromatic N) is 3. The van der Waals surface area contributed by atoms with Crippen LogP contribution in [0.2, 0.25) is 0 Å². The highest BCUT2D eigenvalue weighted by Gasteiger charge is 2.21. The molecular weight excluding hydrogens is 150 g/mol. The van der Waals surface area contributed by atoms with E-state index in [1.54, 1.807) is 10.9 Å². The third-order valence-corrected chi connectivity index (χ3v) is 1.75. The third kappa shape index (κ3) is 1.33. The monoisotopic (exact) mass is 163 g/mol.